The Labute approximate surface area is 65.3 Å². The Morgan fingerprint density at radius 2 is 2.09 bits per heavy atom. The van der Waals surface area contributed by atoms with Gasteiger partial charge < -0.3 is 15.3 Å². The summed E-state index contributed by atoms with van der Waals surface area (Å²) in [4.78, 5) is 0. The fraction of sp³-hybridized carbons (Fsp3) is 0.500. The Bertz CT molecular complexity index is 184. The third-order valence-electron chi connectivity index (χ3n) is 1.72. The van der Waals surface area contributed by atoms with Crippen molar-refractivity contribution in [2.24, 2.45) is 0 Å². The van der Waals surface area contributed by atoms with Crippen LogP contribution in [0.1, 0.15) is 6.42 Å². The van der Waals surface area contributed by atoms with Gasteiger partial charge in [0.25, 0.3) is 0 Å². The first-order chi connectivity index (χ1) is 5.25. The fourth-order valence-electron chi connectivity index (χ4n) is 1.08. The smallest absolute Gasteiger partial charge is 0.105 e. The van der Waals surface area contributed by atoms with Gasteiger partial charge in [-0.05, 0) is 12.0 Å². The highest BCUT2D eigenvalue weighted by Crippen LogP contribution is 2.16. The average Bonchev–Trinajstić information content (AvgIpc) is 1.99. The number of hydrogen-bond donors (Lipinski definition) is 3. The van der Waals surface area contributed by atoms with Crippen LogP contribution in [0.2, 0.25) is 0 Å². The van der Waals surface area contributed by atoms with E-state index in [-0.39, 0.29) is 6.61 Å². The summed E-state index contributed by atoms with van der Waals surface area (Å²) < 4.78 is 0. The summed E-state index contributed by atoms with van der Waals surface area (Å²) in [5, 5.41) is 27.0. The van der Waals surface area contributed by atoms with E-state index in [4.69, 9.17) is 10.2 Å². The highest BCUT2D eigenvalue weighted by molar-refractivity contribution is 5.25. The van der Waals surface area contributed by atoms with E-state index in [1.54, 1.807) is 12.2 Å². The SMILES string of the molecule is OCCC1=CC=C[C@H](O)[C@@H]1O. The molecule has 2 atom stereocenters. The molecular formula is C8H12O3. The molecule has 62 valence electrons. The van der Waals surface area contributed by atoms with Gasteiger partial charge in [0.05, 0.1) is 0 Å². The minimum atomic E-state index is -0.841. The van der Waals surface area contributed by atoms with Crippen molar-refractivity contribution >= 4 is 0 Å². The minimum absolute atomic E-state index is 0.00343. The second-order valence-corrected chi connectivity index (χ2v) is 2.54. The predicted molar refractivity (Wildman–Crippen MR) is 40.9 cm³/mol. The van der Waals surface area contributed by atoms with Gasteiger partial charge in [-0.15, -0.1) is 0 Å². The summed E-state index contributed by atoms with van der Waals surface area (Å²) >= 11 is 0. The van der Waals surface area contributed by atoms with Gasteiger partial charge in [-0.1, -0.05) is 18.2 Å². The zero-order chi connectivity index (χ0) is 8.27. The van der Waals surface area contributed by atoms with Crippen LogP contribution < -0.4 is 0 Å². The van der Waals surface area contributed by atoms with Crippen LogP contribution >= 0.6 is 0 Å². The van der Waals surface area contributed by atoms with Crippen molar-refractivity contribution in [3.05, 3.63) is 23.8 Å². The first kappa shape index (κ1) is 8.46. The molecule has 0 spiro atoms. The van der Waals surface area contributed by atoms with E-state index in [1.807, 2.05) is 0 Å². The van der Waals surface area contributed by atoms with Gasteiger partial charge in [-0.3, -0.25) is 0 Å². The van der Waals surface area contributed by atoms with Crippen molar-refractivity contribution in [1.29, 1.82) is 0 Å². The average molecular weight is 156 g/mol. The molecule has 0 aromatic heterocycles. The molecule has 0 bridgehead atoms. The lowest BCUT2D eigenvalue weighted by molar-refractivity contribution is 0.0674. The van der Waals surface area contributed by atoms with Crippen molar-refractivity contribution in [1.82, 2.24) is 0 Å². The fourth-order valence-corrected chi connectivity index (χ4v) is 1.08. The Morgan fingerprint density at radius 1 is 1.36 bits per heavy atom. The molecule has 0 amide bonds. The molecule has 0 heterocycles. The lowest BCUT2D eigenvalue weighted by Gasteiger charge is -2.20. The normalized spacial score (nSPS) is 30.3. The summed E-state index contributed by atoms with van der Waals surface area (Å²) in [5.41, 5.74) is 0.683. The number of rotatable bonds is 2. The molecule has 3 heteroatoms. The van der Waals surface area contributed by atoms with Crippen LogP contribution in [0.3, 0.4) is 0 Å². The molecular weight excluding hydrogens is 144 g/mol. The Kier molecular flexibility index (Phi) is 2.82. The topological polar surface area (TPSA) is 60.7 Å². The third-order valence-corrected chi connectivity index (χ3v) is 1.72. The van der Waals surface area contributed by atoms with Crippen molar-refractivity contribution in [3.63, 3.8) is 0 Å². The van der Waals surface area contributed by atoms with Crippen LogP contribution in [-0.4, -0.2) is 34.1 Å². The van der Waals surface area contributed by atoms with E-state index < -0.39 is 12.2 Å². The van der Waals surface area contributed by atoms with E-state index in [2.05, 4.69) is 0 Å². The summed E-state index contributed by atoms with van der Waals surface area (Å²) in [6.07, 6.45) is 3.68. The number of hydrogen-bond acceptors (Lipinski definition) is 3. The zero-order valence-corrected chi connectivity index (χ0v) is 6.14. The monoisotopic (exact) mass is 156 g/mol. The molecule has 3 nitrogen and oxygen atoms in total. The molecule has 3 N–H and O–H groups in total. The standard InChI is InChI=1S/C8H12O3/c9-5-4-6-2-1-3-7(10)8(6)11/h1-3,7-11H,4-5H2/t7-,8+/m0/s1. The van der Waals surface area contributed by atoms with Gasteiger partial charge in [-0.2, -0.15) is 0 Å². The van der Waals surface area contributed by atoms with E-state index in [0.29, 0.717) is 12.0 Å². The molecule has 0 fully saturated rings. The molecule has 0 saturated heterocycles. The first-order valence-electron chi connectivity index (χ1n) is 3.60. The highest BCUT2D eigenvalue weighted by atomic mass is 16.3. The van der Waals surface area contributed by atoms with E-state index in [1.165, 1.54) is 6.08 Å². The van der Waals surface area contributed by atoms with Crippen LogP contribution in [0.15, 0.2) is 23.8 Å². The Morgan fingerprint density at radius 3 is 2.73 bits per heavy atom. The first-order valence-corrected chi connectivity index (χ1v) is 3.60. The molecule has 0 radical (unpaired) electrons. The molecule has 0 saturated carbocycles. The Hall–Kier alpha value is -0.640. The van der Waals surface area contributed by atoms with Gasteiger partial charge >= 0.3 is 0 Å². The third kappa shape index (κ3) is 1.89. The molecule has 0 aromatic carbocycles. The molecule has 0 aromatic rings. The van der Waals surface area contributed by atoms with Gasteiger partial charge in [0, 0.05) is 6.61 Å². The van der Waals surface area contributed by atoms with Crippen molar-refractivity contribution in [2.75, 3.05) is 6.61 Å². The Balaban J connectivity index is 2.62. The maximum Gasteiger partial charge on any atom is 0.105 e. The lowest BCUT2D eigenvalue weighted by atomic mass is 9.97. The summed E-state index contributed by atoms with van der Waals surface area (Å²) in [7, 11) is 0. The number of aliphatic hydroxyl groups excluding tert-OH is 3. The molecule has 1 rings (SSSR count). The zero-order valence-electron chi connectivity index (χ0n) is 6.14. The number of aliphatic hydroxyl groups is 3. The maximum atomic E-state index is 9.29. The van der Waals surface area contributed by atoms with Crippen LogP contribution in [0.25, 0.3) is 0 Å². The second kappa shape index (κ2) is 3.67. The predicted octanol–water partition coefficient (Wildman–Crippen LogP) is -0.413. The largest absolute Gasteiger partial charge is 0.396 e. The molecule has 1 aliphatic rings. The number of allylic oxidation sites excluding steroid dienone is 2. The van der Waals surface area contributed by atoms with Crippen LogP contribution in [-0.2, 0) is 0 Å². The van der Waals surface area contributed by atoms with Crippen LogP contribution in [0, 0.1) is 0 Å². The van der Waals surface area contributed by atoms with Crippen molar-refractivity contribution in [2.45, 2.75) is 18.6 Å². The van der Waals surface area contributed by atoms with Gasteiger partial charge in [0.1, 0.15) is 12.2 Å². The summed E-state index contributed by atoms with van der Waals surface area (Å²) in [6.45, 7) is 0.00343. The van der Waals surface area contributed by atoms with E-state index in [0.717, 1.165) is 0 Å². The van der Waals surface area contributed by atoms with Gasteiger partial charge in [-0.25, -0.2) is 0 Å². The quantitative estimate of drug-likeness (QED) is 0.509. The lowest BCUT2D eigenvalue weighted by Crippen LogP contribution is -2.28. The molecule has 11 heavy (non-hydrogen) atoms. The molecule has 0 unspecified atom stereocenters. The summed E-state index contributed by atoms with van der Waals surface area (Å²) in [6, 6.07) is 0. The highest BCUT2D eigenvalue weighted by Gasteiger charge is 2.19. The summed E-state index contributed by atoms with van der Waals surface area (Å²) in [5.74, 6) is 0. The van der Waals surface area contributed by atoms with Gasteiger partial charge in [0.15, 0.2) is 0 Å². The van der Waals surface area contributed by atoms with E-state index >= 15 is 0 Å². The molecule has 0 aliphatic heterocycles. The van der Waals surface area contributed by atoms with E-state index in [9.17, 15) is 5.11 Å². The molecule has 1 aliphatic carbocycles. The minimum Gasteiger partial charge on any atom is -0.396 e. The van der Waals surface area contributed by atoms with Crippen molar-refractivity contribution in [3.8, 4) is 0 Å². The van der Waals surface area contributed by atoms with Crippen molar-refractivity contribution < 1.29 is 15.3 Å². The van der Waals surface area contributed by atoms with Crippen LogP contribution in [0.4, 0.5) is 0 Å². The maximum absolute atomic E-state index is 9.29. The van der Waals surface area contributed by atoms with Crippen LogP contribution in [0.5, 0.6) is 0 Å². The van der Waals surface area contributed by atoms with Gasteiger partial charge in [0.2, 0.25) is 0 Å². The second-order valence-electron chi connectivity index (χ2n) is 2.54.